The predicted octanol–water partition coefficient (Wildman–Crippen LogP) is 33.4. The molecular formula is C134H87N13. The van der Waals surface area contributed by atoms with Crippen LogP contribution in [0.1, 0.15) is 0 Å². The molecule has 0 fully saturated rings. The van der Waals surface area contributed by atoms with Crippen LogP contribution in [0.2, 0.25) is 0 Å². The van der Waals surface area contributed by atoms with E-state index >= 15 is 0 Å². The predicted molar refractivity (Wildman–Crippen MR) is 603 cm³/mol. The highest BCUT2D eigenvalue weighted by atomic mass is 15.0. The van der Waals surface area contributed by atoms with Crippen molar-refractivity contribution in [2.45, 2.75) is 0 Å². The number of aromatic nitrogens is 13. The molecule has 0 aliphatic heterocycles. The van der Waals surface area contributed by atoms with Crippen molar-refractivity contribution in [3.05, 3.63) is 528 Å². The molecule has 0 aliphatic rings. The van der Waals surface area contributed by atoms with Gasteiger partial charge >= 0.3 is 0 Å². The van der Waals surface area contributed by atoms with Crippen molar-refractivity contribution < 1.29 is 0 Å². The van der Waals surface area contributed by atoms with Crippen molar-refractivity contribution in [1.82, 2.24) is 63.5 Å². The average Bonchev–Trinajstić information content (AvgIpc) is 1.55. The van der Waals surface area contributed by atoms with Crippen LogP contribution < -0.4 is 0 Å². The first kappa shape index (κ1) is 87.3. The summed E-state index contributed by atoms with van der Waals surface area (Å²) in [4.78, 5) is 51.0. The Morgan fingerprint density at radius 2 is 0.313 bits per heavy atom. The van der Waals surface area contributed by atoms with E-state index in [9.17, 15) is 0 Å². The van der Waals surface area contributed by atoms with Gasteiger partial charge in [-0.15, -0.1) is 0 Å². The van der Waals surface area contributed by atoms with E-state index in [-0.39, 0.29) is 0 Å². The Hall–Kier alpha value is -20.0. The number of hydrogen-bond donors (Lipinski definition) is 0. The standard InChI is InChI=1S/C48H31N5.2C43H28N4/c1-4-14-32(15-5-1)33-24-28-36(29-25-33)47-50-46(35-16-6-2-7-17-35)51-48(52-47)37-30-26-34(27-31-37)44-45-43(39-20-10-12-22-41(39)49-44)40-21-11-13-23-42(40)53(45)38-18-8-3-9-19-38;1-4-14-29(15-5-1)37-28-38(46-43(45-37)32-16-6-2-7-17-32)30-24-26-31(27-25-30)41-42-40(34-20-10-12-22-36(34)44-41)35-21-11-13-23-39(35)47(42)33-18-8-3-9-19-33;1-4-14-29(15-5-1)37-28-38(30-16-6-2-7-17-30)46-43(45-37)32-26-24-31(25-27-32)41-42-40(34-20-10-12-22-36(34)44-41)35-21-11-13-23-39(35)47(42)33-18-8-3-9-19-33/h1-31H;2*1-28H. The fraction of sp³-hybridized carbons (Fsp3) is 0. The molecule has 9 aromatic heterocycles. The van der Waals surface area contributed by atoms with Crippen LogP contribution in [0.3, 0.4) is 0 Å². The molecule has 0 spiro atoms. The Morgan fingerprint density at radius 1 is 0.129 bits per heavy atom. The summed E-state index contributed by atoms with van der Waals surface area (Å²) >= 11 is 0. The zero-order valence-corrected chi connectivity index (χ0v) is 79.5. The molecular weight excluding hydrogens is 1790 g/mol. The number of rotatable bonds is 16. The lowest BCUT2D eigenvalue weighted by molar-refractivity contribution is 1.07. The fourth-order valence-corrected chi connectivity index (χ4v) is 20.5. The van der Waals surface area contributed by atoms with Gasteiger partial charge in [-0.05, 0) is 96.1 Å². The lowest BCUT2D eigenvalue weighted by Crippen LogP contribution is -2.00. The van der Waals surface area contributed by atoms with Gasteiger partial charge in [-0.3, -0.25) is 0 Å². The van der Waals surface area contributed by atoms with E-state index in [1.54, 1.807) is 0 Å². The van der Waals surface area contributed by atoms with Crippen LogP contribution >= 0.6 is 0 Å². The third-order valence-corrected chi connectivity index (χ3v) is 27.5. The van der Waals surface area contributed by atoms with Crippen molar-refractivity contribution in [3.63, 3.8) is 0 Å². The van der Waals surface area contributed by atoms with Crippen molar-refractivity contribution in [3.8, 4) is 164 Å². The molecule has 0 atom stereocenters. The van der Waals surface area contributed by atoms with E-state index in [1.165, 1.54) is 37.9 Å². The number of fused-ring (bicyclic) bond motifs is 15. The van der Waals surface area contributed by atoms with Crippen LogP contribution in [0.25, 0.3) is 262 Å². The maximum Gasteiger partial charge on any atom is 0.164 e. The van der Waals surface area contributed by atoms with Crippen LogP contribution in [0, 0.1) is 0 Å². The van der Waals surface area contributed by atoms with Crippen LogP contribution in [0.5, 0.6) is 0 Å². The summed E-state index contributed by atoms with van der Waals surface area (Å²) in [5.41, 5.74) is 33.6. The van der Waals surface area contributed by atoms with Gasteiger partial charge in [0, 0.05) is 132 Å². The van der Waals surface area contributed by atoms with E-state index < -0.39 is 0 Å². The van der Waals surface area contributed by atoms with Crippen molar-refractivity contribution >= 4 is 98.1 Å². The van der Waals surface area contributed by atoms with Gasteiger partial charge in [0.2, 0.25) is 0 Å². The van der Waals surface area contributed by atoms with Gasteiger partial charge in [-0.25, -0.2) is 49.8 Å². The van der Waals surface area contributed by atoms with Crippen LogP contribution in [-0.2, 0) is 0 Å². The van der Waals surface area contributed by atoms with E-state index in [0.29, 0.717) is 29.1 Å². The van der Waals surface area contributed by atoms with Gasteiger partial charge in [0.1, 0.15) is 0 Å². The number of benzene rings is 19. The monoisotopic (exact) mass is 1880 g/mol. The Labute approximate surface area is 847 Å². The first-order valence-corrected chi connectivity index (χ1v) is 49.3. The van der Waals surface area contributed by atoms with Crippen LogP contribution in [0.4, 0.5) is 0 Å². The lowest BCUT2D eigenvalue weighted by atomic mass is 10.0. The zero-order chi connectivity index (χ0) is 97.5. The quantitative estimate of drug-likeness (QED) is 0.0917. The van der Waals surface area contributed by atoms with Gasteiger partial charge in [0.15, 0.2) is 29.1 Å². The molecule has 0 N–H and O–H groups in total. The molecule has 13 heteroatoms. The third kappa shape index (κ3) is 16.6. The molecule has 19 aromatic carbocycles. The Kier molecular flexibility index (Phi) is 22.7. The highest BCUT2D eigenvalue weighted by Gasteiger charge is 2.27. The van der Waals surface area contributed by atoms with E-state index in [1.807, 2.05) is 109 Å². The first-order chi connectivity index (χ1) is 72.9. The minimum Gasteiger partial charge on any atom is -0.307 e. The van der Waals surface area contributed by atoms with E-state index in [0.717, 1.165) is 195 Å². The Balaban J connectivity index is 0.000000112. The Morgan fingerprint density at radius 3 is 0.592 bits per heavy atom. The minimum absolute atomic E-state index is 0.613. The number of pyridine rings is 3. The van der Waals surface area contributed by atoms with Crippen molar-refractivity contribution in [2.24, 2.45) is 0 Å². The molecule has 688 valence electrons. The summed E-state index contributed by atoms with van der Waals surface area (Å²) in [7, 11) is 0. The summed E-state index contributed by atoms with van der Waals surface area (Å²) in [6.45, 7) is 0. The summed E-state index contributed by atoms with van der Waals surface area (Å²) in [6.07, 6.45) is 0. The van der Waals surface area contributed by atoms with E-state index in [2.05, 4.69) is 432 Å². The van der Waals surface area contributed by atoms with Gasteiger partial charge in [-0.1, -0.05) is 443 Å². The molecule has 147 heavy (non-hydrogen) atoms. The first-order valence-electron chi connectivity index (χ1n) is 49.3. The topological polar surface area (TPSA) is 144 Å². The molecule has 13 nitrogen and oxygen atoms in total. The average molecular weight is 1880 g/mol. The summed E-state index contributed by atoms with van der Waals surface area (Å²) in [5.74, 6) is 3.26. The summed E-state index contributed by atoms with van der Waals surface area (Å²) < 4.78 is 7.06. The third-order valence-electron chi connectivity index (χ3n) is 27.5. The molecule has 0 amide bonds. The minimum atomic E-state index is 0.613. The van der Waals surface area contributed by atoms with Gasteiger partial charge in [-0.2, -0.15) is 0 Å². The Bertz CT molecular complexity index is 9290. The normalized spacial score (nSPS) is 11.4. The second-order valence-corrected chi connectivity index (χ2v) is 36.4. The van der Waals surface area contributed by atoms with E-state index in [4.69, 9.17) is 49.8 Å². The number of hydrogen-bond acceptors (Lipinski definition) is 10. The lowest BCUT2D eigenvalue weighted by Gasteiger charge is -2.13. The SMILES string of the molecule is c1ccc(-c2cc(-c3ccc(-c4nc5ccccc5c5c6ccccc6n(-c6ccccc6)c45)cc3)nc(-c3ccccc3)n2)cc1.c1ccc(-c2cc(-c3ccccc3)nc(-c3ccc(-c4nc5ccccc5c5c6ccccc6n(-c6ccccc6)c45)cc3)n2)cc1.c1ccc(-c2ccc(-c3nc(-c4ccccc4)nc(-c4ccc(-c5nc6ccccc6c6c7ccccc7n(-c7ccccc7)c56)cc4)n3)cc2)cc1. The highest BCUT2D eigenvalue weighted by Crippen LogP contribution is 2.47. The molecule has 0 bridgehead atoms. The second kappa shape index (κ2) is 38.2. The van der Waals surface area contributed by atoms with Gasteiger partial charge in [0.05, 0.1) is 89.5 Å². The number of para-hydroxylation sites is 9. The van der Waals surface area contributed by atoms with Crippen LogP contribution in [0.15, 0.2) is 528 Å². The molecule has 0 unspecified atom stereocenters. The van der Waals surface area contributed by atoms with Gasteiger partial charge < -0.3 is 13.7 Å². The molecule has 9 heterocycles. The number of nitrogens with zero attached hydrogens (tertiary/aromatic N) is 13. The zero-order valence-electron chi connectivity index (χ0n) is 79.5. The maximum atomic E-state index is 5.33. The van der Waals surface area contributed by atoms with Gasteiger partial charge in [0.25, 0.3) is 0 Å². The van der Waals surface area contributed by atoms with Crippen molar-refractivity contribution in [1.29, 1.82) is 0 Å². The summed E-state index contributed by atoms with van der Waals surface area (Å²) in [5, 5.41) is 10.7. The largest absolute Gasteiger partial charge is 0.307 e. The molecule has 0 saturated carbocycles. The summed E-state index contributed by atoms with van der Waals surface area (Å²) in [6, 6.07) is 183. The maximum absolute atomic E-state index is 5.33. The van der Waals surface area contributed by atoms with Crippen molar-refractivity contribution in [2.75, 3.05) is 0 Å². The molecule has 28 aromatic rings. The molecule has 0 saturated heterocycles. The second-order valence-electron chi connectivity index (χ2n) is 36.4. The smallest absolute Gasteiger partial charge is 0.164 e. The molecule has 0 radical (unpaired) electrons. The fourth-order valence-electron chi connectivity index (χ4n) is 20.5. The highest BCUT2D eigenvalue weighted by molar-refractivity contribution is 6.26. The van der Waals surface area contributed by atoms with Crippen LogP contribution in [-0.4, -0.2) is 63.5 Å². The molecule has 28 rings (SSSR count). The molecule has 0 aliphatic carbocycles.